The number of carbonyl (C=O) groups is 2. The van der Waals surface area contributed by atoms with Crippen LogP contribution in [0.5, 0.6) is 0 Å². The van der Waals surface area contributed by atoms with Crippen LogP contribution < -0.4 is 10.2 Å². The van der Waals surface area contributed by atoms with E-state index in [-0.39, 0.29) is 24.1 Å². The summed E-state index contributed by atoms with van der Waals surface area (Å²) in [5, 5.41) is 3.63. The number of morpholine rings is 1. The van der Waals surface area contributed by atoms with Gasteiger partial charge in [0.05, 0.1) is 19.0 Å². The van der Waals surface area contributed by atoms with Gasteiger partial charge in [-0.2, -0.15) is 0 Å². The van der Waals surface area contributed by atoms with E-state index in [0.29, 0.717) is 24.1 Å². The fraction of sp³-hybridized carbons (Fsp3) is 0.294. The lowest BCUT2D eigenvalue weighted by atomic mass is 10.0. The van der Waals surface area contributed by atoms with Crippen molar-refractivity contribution in [2.75, 3.05) is 42.3 Å². The van der Waals surface area contributed by atoms with Crippen LogP contribution in [0.3, 0.4) is 0 Å². The molecule has 1 aliphatic rings. The van der Waals surface area contributed by atoms with E-state index in [1.165, 1.54) is 11.8 Å². The molecular formula is C34H37N5O3S. The highest BCUT2D eigenvalue weighted by molar-refractivity contribution is 7.99. The smallest absolute Gasteiger partial charge is 0.251 e. The summed E-state index contributed by atoms with van der Waals surface area (Å²) in [6, 6.07) is 26.4. The lowest BCUT2D eigenvalue weighted by Gasteiger charge is -2.32. The molecule has 5 rings (SSSR count). The van der Waals surface area contributed by atoms with Crippen LogP contribution in [0.4, 0.5) is 11.4 Å². The molecule has 1 atom stereocenters. The monoisotopic (exact) mass is 595 g/mol. The summed E-state index contributed by atoms with van der Waals surface area (Å²) in [4.78, 5) is 41.0. The number of amides is 2. The number of anilines is 2. The fourth-order valence-electron chi connectivity index (χ4n) is 5.08. The molecule has 1 saturated heterocycles. The fourth-order valence-corrected chi connectivity index (χ4v) is 5.92. The van der Waals surface area contributed by atoms with E-state index < -0.39 is 6.04 Å². The zero-order valence-corrected chi connectivity index (χ0v) is 25.6. The maximum absolute atomic E-state index is 14.1. The first-order valence-electron chi connectivity index (χ1n) is 14.4. The van der Waals surface area contributed by atoms with Gasteiger partial charge in [-0.1, -0.05) is 71.9 Å². The number of aromatic nitrogens is 2. The number of carbonyl (C=O) groups excluding carboxylic acids is 2. The molecule has 1 aromatic heterocycles. The third-order valence-corrected chi connectivity index (χ3v) is 8.10. The van der Waals surface area contributed by atoms with Gasteiger partial charge in [-0.05, 0) is 62.2 Å². The largest absolute Gasteiger partial charge is 0.378 e. The summed E-state index contributed by atoms with van der Waals surface area (Å²) in [6.07, 6.45) is 0. The first-order valence-corrected chi connectivity index (χ1v) is 15.4. The average molecular weight is 596 g/mol. The summed E-state index contributed by atoms with van der Waals surface area (Å²) in [7, 11) is 0. The Labute approximate surface area is 257 Å². The Morgan fingerprint density at radius 3 is 2.21 bits per heavy atom. The number of hydrogen-bond donors (Lipinski definition) is 1. The molecule has 1 unspecified atom stereocenters. The van der Waals surface area contributed by atoms with Crippen LogP contribution in [0.2, 0.25) is 0 Å². The Hall–Kier alpha value is -4.21. The first-order chi connectivity index (χ1) is 20.9. The van der Waals surface area contributed by atoms with Crippen LogP contribution in [-0.4, -0.2) is 58.7 Å². The van der Waals surface area contributed by atoms with E-state index in [0.717, 1.165) is 46.9 Å². The van der Waals surface area contributed by atoms with Crippen LogP contribution in [0.25, 0.3) is 0 Å². The predicted molar refractivity (Wildman–Crippen MR) is 171 cm³/mol. The zero-order valence-electron chi connectivity index (χ0n) is 24.8. The molecule has 0 spiro atoms. The van der Waals surface area contributed by atoms with Crippen LogP contribution in [0.15, 0.2) is 90.1 Å². The minimum absolute atomic E-state index is 0.0968. The number of aryl methyl sites for hydroxylation is 3. The maximum atomic E-state index is 14.1. The van der Waals surface area contributed by atoms with E-state index in [4.69, 9.17) is 4.74 Å². The number of nitrogens with zero attached hydrogens (tertiary/aromatic N) is 4. The molecule has 8 nitrogen and oxygen atoms in total. The van der Waals surface area contributed by atoms with E-state index in [2.05, 4.69) is 20.2 Å². The van der Waals surface area contributed by atoms with Crippen molar-refractivity contribution in [2.45, 2.75) is 38.5 Å². The van der Waals surface area contributed by atoms with Crippen LogP contribution in [0.1, 0.15) is 34.1 Å². The first kappa shape index (κ1) is 30.3. The second-order valence-electron chi connectivity index (χ2n) is 10.7. The third-order valence-electron chi connectivity index (χ3n) is 7.27. The standard InChI is InChI=1S/C34H37N5O3S/c1-24-9-11-28(12-10-24)32(33(41)37-29-13-15-30(16-14-29)38-17-19-42-20-18-38)39(22-27-7-5-4-6-8-27)31(40)23-43-34-35-25(2)21-26(3)36-34/h4-16,21,32H,17-20,22-23H2,1-3H3,(H,37,41). The molecule has 1 aliphatic heterocycles. The summed E-state index contributed by atoms with van der Waals surface area (Å²) < 4.78 is 5.47. The lowest BCUT2D eigenvalue weighted by Crippen LogP contribution is -2.41. The topological polar surface area (TPSA) is 87.7 Å². The molecule has 0 bridgehead atoms. The second kappa shape index (κ2) is 14.3. The summed E-state index contributed by atoms with van der Waals surface area (Å²) in [5.74, 6) is -0.362. The number of nitrogens with one attached hydrogen (secondary N) is 1. The van der Waals surface area contributed by atoms with Crippen molar-refractivity contribution in [2.24, 2.45) is 0 Å². The van der Waals surface area contributed by atoms with Gasteiger partial charge >= 0.3 is 0 Å². The van der Waals surface area contributed by atoms with E-state index in [9.17, 15) is 9.59 Å². The molecule has 3 aromatic carbocycles. The molecule has 4 aromatic rings. The highest BCUT2D eigenvalue weighted by atomic mass is 32.2. The highest BCUT2D eigenvalue weighted by Gasteiger charge is 2.32. The molecule has 222 valence electrons. The Morgan fingerprint density at radius 2 is 1.56 bits per heavy atom. The normalized spacial score (nSPS) is 13.8. The molecular weight excluding hydrogens is 558 g/mol. The zero-order chi connectivity index (χ0) is 30.2. The minimum Gasteiger partial charge on any atom is -0.378 e. The number of rotatable bonds is 10. The van der Waals surface area contributed by atoms with E-state index in [1.807, 2.05) is 106 Å². The SMILES string of the molecule is Cc1ccc(C(C(=O)Nc2ccc(N3CCOCC3)cc2)N(Cc2ccccc2)C(=O)CSc2nc(C)cc(C)n2)cc1. The maximum Gasteiger partial charge on any atom is 0.251 e. The van der Waals surface area contributed by atoms with E-state index >= 15 is 0 Å². The third kappa shape index (κ3) is 8.21. The Kier molecular flexibility index (Phi) is 10.1. The minimum atomic E-state index is -0.854. The van der Waals surface area contributed by atoms with Gasteiger partial charge < -0.3 is 19.9 Å². The predicted octanol–water partition coefficient (Wildman–Crippen LogP) is 5.74. The van der Waals surface area contributed by atoms with Gasteiger partial charge in [0.2, 0.25) is 5.91 Å². The molecule has 43 heavy (non-hydrogen) atoms. The molecule has 1 fully saturated rings. The molecule has 0 saturated carbocycles. The summed E-state index contributed by atoms with van der Waals surface area (Å²) in [5.41, 5.74) is 6.20. The van der Waals surface area contributed by atoms with Crippen LogP contribution >= 0.6 is 11.8 Å². The highest BCUT2D eigenvalue weighted by Crippen LogP contribution is 2.28. The lowest BCUT2D eigenvalue weighted by molar-refractivity contribution is -0.137. The molecule has 0 radical (unpaired) electrons. The van der Waals surface area contributed by atoms with Crippen molar-refractivity contribution >= 4 is 35.0 Å². The number of ether oxygens (including phenoxy) is 1. The molecule has 0 aliphatic carbocycles. The van der Waals surface area contributed by atoms with Gasteiger partial charge in [0, 0.05) is 42.4 Å². The quantitative estimate of drug-likeness (QED) is 0.185. The van der Waals surface area contributed by atoms with Crippen molar-refractivity contribution in [3.63, 3.8) is 0 Å². The summed E-state index contributed by atoms with van der Waals surface area (Å²) in [6.45, 7) is 9.18. The van der Waals surface area contributed by atoms with Gasteiger partial charge in [0.25, 0.3) is 5.91 Å². The average Bonchev–Trinajstić information content (AvgIpc) is 3.01. The molecule has 2 heterocycles. The molecule has 9 heteroatoms. The number of benzene rings is 3. The van der Waals surface area contributed by atoms with Crippen molar-refractivity contribution in [3.05, 3.63) is 113 Å². The Bertz CT molecular complexity index is 1500. The van der Waals surface area contributed by atoms with Gasteiger partial charge in [0.1, 0.15) is 6.04 Å². The van der Waals surface area contributed by atoms with Crippen LogP contribution in [-0.2, 0) is 20.9 Å². The van der Waals surface area contributed by atoms with E-state index in [1.54, 1.807) is 4.90 Å². The molecule has 1 N–H and O–H groups in total. The number of thioether (sulfide) groups is 1. The van der Waals surface area contributed by atoms with Gasteiger partial charge in [-0.3, -0.25) is 9.59 Å². The van der Waals surface area contributed by atoms with Gasteiger partial charge in [-0.25, -0.2) is 9.97 Å². The van der Waals surface area contributed by atoms with Crippen molar-refractivity contribution in [3.8, 4) is 0 Å². The van der Waals surface area contributed by atoms with Crippen LogP contribution in [0, 0.1) is 20.8 Å². The Morgan fingerprint density at radius 1 is 0.907 bits per heavy atom. The van der Waals surface area contributed by atoms with Gasteiger partial charge in [0.15, 0.2) is 5.16 Å². The van der Waals surface area contributed by atoms with Crippen molar-refractivity contribution in [1.29, 1.82) is 0 Å². The summed E-state index contributed by atoms with van der Waals surface area (Å²) >= 11 is 1.28. The number of hydrogen-bond acceptors (Lipinski definition) is 7. The van der Waals surface area contributed by atoms with Gasteiger partial charge in [-0.15, -0.1) is 0 Å². The Balaban J connectivity index is 1.43. The molecule has 2 amide bonds. The van der Waals surface area contributed by atoms with Crippen molar-refractivity contribution in [1.82, 2.24) is 14.9 Å². The van der Waals surface area contributed by atoms with Crippen molar-refractivity contribution < 1.29 is 14.3 Å². The second-order valence-corrected chi connectivity index (χ2v) is 11.6.